The van der Waals surface area contributed by atoms with Gasteiger partial charge in [-0.15, -0.1) is 0 Å². The maximum atomic E-state index is 9.98. The van der Waals surface area contributed by atoms with Crippen molar-refractivity contribution in [3.05, 3.63) is 15.7 Å². The van der Waals surface area contributed by atoms with E-state index >= 15 is 0 Å². The highest BCUT2D eigenvalue weighted by Crippen LogP contribution is 2.34. The summed E-state index contributed by atoms with van der Waals surface area (Å²) in [5.74, 6) is 0.913. The van der Waals surface area contributed by atoms with Crippen LogP contribution in [0.25, 0.3) is 6.08 Å². The molecule has 0 bridgehead atoms. The second-order valence-corrected chi connectivity index (χ2v) is 4.51. The second-order valence-electron chi connectivity index (χ2n) is 3.59. The van der Waals surface area contributed by atoms with E-state index in [0.717, 1.165) is 11.3 Å². The molecule has 16 heavy (non-hydrogen) atoms. The van der Waals surface area contributed by atoms with Gasteiger partial charge in [-0.25, -0.2) is 4.98 Å². The first-order valence-corrected chi connectivity index (χ1v) is 5.79. The lowest BCUT2D eigenvalue weighted by atomic mass is 10.1. The molecule has 6 heteroatoms. The second kappa shape index (κ2) is 4.03. The first kappa shape index (κ1) is 11.3. The zero-order chi connectivity index (χ0) is 11.9. The number of aryl methyl sites for hydroxylation is 1. The highest BCUT2D eigenvalue weighted by molar-refractivity contribution is 9.11. The Morgan fingerprint density at radius 2 is 2.25 bits per heavy atom. The van der Waals surface area contributed by atoms with E-state index in [1.807, 2.05) is 19.9 Å². The van der Waals surface area contributed by atoms with Crippen LogP contribution in [0.1, 0.15) is 18.2 Å². The van der Waals surface area contributed by atoms with Crippen molar-refractivity contribution < 1.29 is 5.11 Å². The summed E-state index contributed by atoms with van der Waals surface area (Å²) in [6.45, 7) is 4.47. The SMILES string of the molecule is CCN1c2nc(N)nc(C)c2C=C(Br)C1O. The predicted octanol–water partition coefficient (Wildman–Crippen LogP) is 1.26. The van der Waals surface area contributed by atoms with Crippen LogP contribution in [0.15, 0.2) is 4.48 Å². The standard InChI is InChI=1S/C10H13BrN4O/c1-3-15-8-6(4-7(11)9(15)16)5(2)13-10(12)14-8/h4,9,16H,3H2,1-2H3,(H2,12,13,14). The number of nitrogens with zero attached hydrogens (tertiary/aromatic N) is 3. The van der Waals surface area contributed by atoms with E-state index in [1.165, 1.54) is 0 Å². The zero-order valence-corrected chi connectivity index (χ0v) is 10.7. The summed E-state index contributed by atoms with van der Waals surface area (Å²) in [7, 11) is 0. The highest BCUT2D eigenvalue weighted by Gasteiger charge is 2.27. The van der Waals surface area contributed by atoms with E-state index < -0.39 is 6.23 Å². The molecule has 0 amide bonds. The summed E-state index contributed by atoms with van der Waals surface area (Å²) >= 11 is 3.34. The number of nitrogen functional groups attached to an aromatic ring is 1. The molecular weight excluding hydrogens is 272 g/mol. The van der Waals surface area contributed by atoms with Gasteiger partial charge in [-0.05, 0) is 19.9 Å². The van der Waals surface area contributed by atoms with Crippen molar-refractivity contribution in [1.29, 1.82) is 0 Å². The van der Waals surface area contributed by atoms with Crippen LogP contribution in [0.4, 0.5) is 11.8 Å². The number of aliphatic hydroxyl groups excluding tert-OH is 1. The number of hydrogen-bond acceptors (Lipinski definition) is 5. The topological polar surface area (TPSA) is 75.3 Å². The monoisotopic (exact) mass is 284 g/mol. The molecule has 0 fully saturated rings. The minimum atomic E-state index is -0.703. The van der Waals surface area contributed by atoms with Gasteiger partial charge in [0.05, 0.1) is 5.69 Å². The lowest BCUT2D eigenvalue weighted by Gasteiger charge is -2.32. The predicted molar refractivity (Wildman–Crippen MR) is 67.1 cm³/mol. The number of fused-ring (bicyclic) bond motifs is 1. The van der Waals surface area contributed by atoms with Gasteiger partial charge >= 0.3 is 0 Å². The molecule has 3 N–H and O–H groups in total. The van der Waals surface area contributed by atoms with Crippen LogP contribution in [0, 0.1) is 6.92 Å². The van der Waals surface area contributed by atoms with Crippen LogP contribution >= 0.6 is 15.9 Å². The summed E-state index contributed by atoms with van der Waals surface area (Å²) in [4.78, 5) is 10.1. The summed E-state index contributed by atoms with van der Waals surface area (Å²) < 4.78 is 0.707. The quantitative estimate of drug-likeness (QED) is 0.812. The molecule has 0 saturated heterocycles. The number of nitrogens with two attached hydrogens (primary N) is 1. The molecule has 5 nitrogen and oxygen atoms in total. The maximum absolute atomic E-state index is 9.98. The third-order valence-electron chi connectivity index (χ3n) is 2.57. The Hall–Kier alpha value is -1.14. The van der Waals surface area contributed by atoms with Crippen LogP contribution in [0.5, 0.6) is 0 Å². The van der Waals surface area contributed by atoms with E-state index in [1.54, 1.807) is 4.90 Å². The van der Waals surface area contributed by atoms with Crippen molar-refractivity contribution in [1.82, 2.24) is 9.97 Å². The molecule has 0 aliphatic carbocycles. The number of rotatable bonds is 1. The lowest BCUT2D eigenvalue weighted by Crippen LogP contribution is -2.38. The summed E-state index contributed by atoms with van der Waals surface area (Å²) in [6, 6.07) is 0. The zero-order valence-electron chi connectivity index (χ0n) is 9.11. The minimum Gasteiger partial charge on any atom is -0.369 e. The molecule has 2 rings (SSSR count). The molecule has 2 heterocycles. The number of aliphatic hydroxyl groups is 1. The van der Waals surface area contributed by atoms with Crippen LogP contribution in [0.2, 0.25) is 0 Å². The van der Waals surface area contributed by atoms with Crippen molar-refractivity contribution in [2.45, 2.75) is 20.1 Å². The molecule has 1 aliphatic rings. The van der Waals surface area contributed by atoms with E-state index in [2.05, 4.69) is 25.9 Å². The first-order valence-electron chi connectivity index (χ1n) is 5.00. The third kappa shape index (κ3) is 1.68. The molecule has 1 unspecified atom stereocenters. The number of likely N-dealkylation sites (N-methyl/N-ethyl adjacent to an activating group) is 1. The fourth-order valence-corrected chi connectivity index (χ4v) is 2.25. The van der Waals surface area contributed by atoms with Crippen molar-refractivity contribution >= 4 is 33.8 Å². The lowest BCUT2D eigenvalue weighted by molar-refractivity contribution is 0.213. The molecule has 1 atom stereocenters. The fraction of sp³-hybridized carbons (Fsp3) is 0.400. The van der Waals surface area contributed by atoms with E-state index in [4.69, 9.17) is 5.73 Å². The van der Waals surface area contributed by atoms with Gasteiger partial charge in [0.15, 0.2) is 6.23 Å². The Morgan fingerprint density at radius 1 is 1.56 bits per heavy atom. The maximum Gasteiger partial charge on any atom is 0.222 e. The van der Waals surface area contributed by atoms with E-state index in [9.17, 15) is 5.11 Å². The van der Waals surface area contributed by atoms with Crippen molar-refractivity contribution in [3.63, 3.8) is 0 Å². The number of anilines is 2. The molecule has 1 aromatic rings. The van der Waals surface area contributed by atoms with E-state index in [-0.39, 0.29) is 5.95 Å². The van der Waals surface area contributed by atoms with Gasteiger partial charge in [-0.3, -0.25) is 0 Å². The number of aromatic nitrogens is 2. The van der Waals surface area contributed by atoms with E-state index in [0.29, 0.717) is 16.8 Å². The smallest absolute Gasteiger partial charge is 0.222 e. The molecular formula is C10H13BrN4O. The molecule has 0 saturated carbocycles. The molecule has 86 valence electrons. The van der Waals surface area contributed by atoms with Gasteiger partial charge in [0.2, 0.25) is 5.95 Å². The van der Waals surface area contributed by atoms with Crippen LogP contribution < -0.4 is 10.6 Å². The van der Waals surface area contributed by atoms with Gasteiger partial charge in [0, 0.05) is 16.6 Å². The average molecular weight is 285 g/mol. The van der Waals surface area contributed by atoms with Gasteiger partial charge in [0.25, 0.3) is 0 Å². The van der Waals surface area contributed by atoms with Crippen LogP contribution in [-0.2, 0) is 0 Å². The average Bonchev–Trinajstić information content (AvgIpc) is 2.22. The molecule has 0 aromatic carbocycles. The summed E-state index contributed by atoms with van der Waals surface area (Å²) in [5, 5.41) is 9.98. The Kier molecular flexibility index (Phi) is 2.86. The first-order chi connectivity index (χ1) is 7.54. The van der Waals surface area contributed by atoms with Crippen LogP contribution in [0.3, 0.4) is 0 Å². The van der Waals surface area contributed by atoms with Crippen molar-refractivity contribution in [3.8, 4) is 0 Å². The van der Waals surface area contributed by atoms with Crippen molar-refractivity contribution in [2.75, 3.05) is 17.2 Å². The largest absolute Gasteiger partial charge is 0.369 e. The number of halogens is 1. The summed E-state index contributed by atoms with van der Waals surface area (Å²) in [6.07, 6.45) is 1.13. The third-order valence-corrected chi connectivity index (χ3v) is 3.21. The molecule has 0 spiro atoms. The van der Waals surface area contributed by atoms with Gasteiger partial charge in [-0.2, -0.15) is 4.98 Å². The Labute approximate surface area is 102 Å². The molecule has 1 aliphatic heterocycles. The Balaban J connectivity index is 2.65. The Bertz CT molecular complexity index is 460. The van der Waals surface area contributed by atoms with Gasteiger partial charge in [0.1, 0.15) is 5.82 Å². The summed E-state index contributed by atoms with van der Waals surface area (Å²) in [5.41, 5.74) is 7.32. The molecule has 1 aromatic heterocycles. The van der Waals surface area contributed by atoms with Gasteiger partial charge in [-0.1, -0.05) is 15.9 Å². The number of hydrogen-bond donors (Lipinski definition) is 2. The Morgan fingerprint density at radius 3 is 2.88 bits per heavy atom. The minimum absolute atomic E-state index is 0.230. The van der Waals surface area contributed by atoms with Crippen molar-refractivity contribution in [2.24, 2.45) is 0 Å². The highest BCUT2D eigenvalue weighted by atomic mass is 79.9. The fourth-order valence-electron chi connectivity index (χ4n) is 1.78. The van der Waals surface area contributed by atoms with Crippen LogP contribution in [-0.4, -0.2) is 27.8 Å². The van der Waals surface area contributed by atoms with Gasteiger partial charge < -0.3 is 15.7 Å². The molecule has 0 radical (unpaired) electrons. The normalized spacial score (nSPS) is 19.4.